The quantitative estimate of drug-likeness (QED) is 0.574. The van der Waals surface area contributed by atoms with Gasteiger partial charge in [-0.05, 0) is 36.4 Å². The second-order valence-electron chi connectivity index (χ2n) is 6.01. The average molecular weight is 463 g/mol. The Bertz CT molecular complexity index is 1250. The summed E-state index contributed by atoms with van der Waals surface area (Å²) in [6.45, 7) is 0. The number of imide groups is 1. The summed E-state index contributed by atoms with van der Waals surface area (Å²) in [5.41, 5.74) is 0.805. The normalized spacial score (nSPS) is 13.3. The number of hydrogen-bond donors (Lipinski definition) is 2. The van der Waals surface area contributed by atoms with E-state index in [9.17, 15) is 22.8 Å². The number of aromatic nitrogens is 1. The first-order valence-electron chi connectivity index (χ1n) is 8.29. The first-order valence-corrected chi connectivity index (χ1v) is 11.0. The summed E-state index contributed by atoms with van der Waals surface area (Å²) in [6.07, 6.45) is 1.23. The Hall–Kier alpha value is -3.28. The molecule has 12 heteroatoms. The van der Waals surface area contributed by atoms with E-state index in [-0.39, 0.29) is 20.1 Å². The van der Waals surface area contributed by atoms with Crippen molar-refractivity contribution in [2.24, 2.45) is 0 Å². The van der Waals surface area contributed by atoms with Gasteiger partial charge in [0, 0.05) is 0 Å². The zero-order valence-corrected chi connectivity index (χ0v) is 17.2. The number of nitrogens with zero attached hydrogens (tertiary/aromatic N) is 2. The highest BCUT2D eigenvalue weighted by molar-refractivity contribution is 7.92. The van der Waals surface area contributed by atoms with Crippen molar-refractivity contribution in [2.75, 3.05) is 10.2 Å². The van der Waals surface area contributed by atoms with Crippen LogP contribution in [0.4, 0.5) is 16.3 Å². The van der Waals surface area contributed by atoms with Crippen LogP contribution in [0.3, 0.4) is 0 Å². The zero-order chi connectivity index (χ0) is 21.5. The third-order valence-corrected chi connectivity index (χ3v) is 7.14. The number of anilines is 2. The molecule has 2 aromatic heterocycles. The van der Waals surface area contributed by atoms with Crippen LogP contribution in [-0.2, 0) is 10.0 Å². The molecule has 0 atom stereocenters. The van der Waals surface area contributed by atoms with Gasteiger partial charge >= 0.3 is 6.03 Å². The van der Waals surface area contributed by atoms with Crippen LogP contribution in [0, 0.1) is 0 Å². The van der Waals surface area contributed by atoms with Gasteiger partial charge in [0.25, 0.3) is 21.8 Å². The minimum atomic E-state index is -4.08. The molecule has 0 saturated carbocycles. The van der Waals surface area contributed by atoms with E-state index in [4.69, 9.17) is 11.6 Å². The van der Waals surface area contributed by atoms with Gasteiger partial charge in [0.15, 0.2) is 0 Å². The van der Waals surface area contributed by atoms with E-state index < -0.39 is 27.9 Å². The monoisotopic (exact) mass is 462 g/mol. The third-order valence-electron chi connectivity index (χ3n) is 4.08. The molecule has 9 nitrogen and oxygen atoms in total. The molecule has 4 rings (SSSR count). The van der Waals surface area contributed by atoms with Crippen molar-refractivity contribution in [3.63, 3.8) is 0 Å². The lowest BCUT2D eigenvalue weighted by Crippen LogP contribution is -2.34. The Kier molecular flexibility index (Phi) is 5.02. The molecule has 2 N–H and O–H groups in total. The van der Waals surface area contributed by atoms with Crippen LogP contribution >= 0.6 is 22.9 Å². The number of pyridine rings is 1. The van der Waals surface area contributed by atoms with Gasteiger partial charge in [-0.25, -0.2) is 27.8 Å². The summed E-state index contributed by atoms with van der Waals surface area (Å²) in [5, 5.41) is 2.27. The van der Waals surface area contributed by atoms with Crippen LogP contribution in [-0.4, -0.2) is 31.2 Å². The molecular formula is C18H11ClN4O5S2. The molecule has 0 unspecified atom stereocenters. The molecular weight excluding hydrogens is 452 g/mol. The Balaban J connectivity index is 1.46. The van der Waals surface area contributed by atoms with Crippen LogP contribution in [0.15, 0.2) is 58.9 Å². The number of hydrogen-bond acceptors (Lipinski definition) is 7. The molecule has 30 heavy (non-hydrogen) atoms. The van der Waals surface area contributed by atoms with E-state index in [1.54, 1.807) is 24.3 Å². The molecule has 4 amide bonds. The van der Waals surface area contributed by atoms with Crippen molar-refractivity contribution in [3.05, 3.63) is 70.2 Å². The van der Waals surface area contributed by atoms with Gasteiger partial charge in [0.05, 0.1) is 27.3 Å². The summed E-state index contributed by atoms with van der Waals surface area (Å²) in [7, 11) is -4.08. The molecule has 3 heterocycles. The highest BCUT2D eigenvalue weighted by Crippen LogP contribution is 2.28. The Labute approximate surface area is 179 Å². The largest absolute Gasteiger partial charge is 0.334 e. The van der Waals surface area contributed by atoms with Gasteiger partial charge in [-0.15, -0.1) is 11.3 Å². The van der Waals surface area contributed by atoms with Gasteiger partial charge < -0.3 is 0 Å². The number of sulfonamides is 1. The molecule has 0 spiro atoms. The minimum absolute atomic E-state index is 0.0206. The van der Waals surface area contributed by atoms with Gasteiger partial charge in [-0.3, -0.25) is 14.9 Å². The van der Waals surface area contributed by atoms with Crippen molar-refractivity contribution < 1.29 is 22.8 Å². The molecule has 0 aliphatic carbocycles. The van der Waals surface area contributed by atoms with E-state index in [1.165, 1.54) is 30.5 Å². The fourth-order valence-electron chi connectivity index (χ4n) is 2.77. The number of carbonyl (C=O) groups is 3. The van der Waals surface area contributed by atoms with E-state index in [0.29, 0.717) is 11.1 Å². The van der Waals surface area contributed by atoms with Crippen molar-refractivity contribution >= 4 is 62.3 Å². The molecule has 0 fully saturated rings. The number of carbonyl (C=O) groups excluding carboxylic acids is 3. The Morgan fingerprint density at radius 1 is 1.00 bits per heavy atom. The molecule has 0 bridgehead atoms. The van der Waals surface area contributed by atoms with Gasteiger partial charge in [0.2, 0.25) is 0 Å². The van der Waals surface area contributed by atoms with Crippen molar-refractivity contribution in [1.29, 1.82) is 0 Å². The van der Waals surface area contributed by atoms with Crippen molar-refractivity contribution in [1.82, 2.24) is 9.71 Å². The van der Waals surface area contributed by atoms with Gasteiger partial charge in [-0.2, -0.15) is 0 Å². The molecule has 1 aromatic carbocycles. The van der Waals surface area contributed by atoms with Crippen LogP contribution in [0.1, 0.15) is 20.7 Å². The van der Waals surface area contributed by atoms with E-state index >= 15 is 0 Å². The fourth-order valence-corrected chi connectivity index (χ4v) is 5.16. The van der Waals surface area contributed by atoms with E-state index in [1.807, 2.05) is 4.72 Å². The summed E-state index contributed by atoms with van der Waals surface area (Å²) >= 11 is 6.52. The van der Waals surface area contributed by atoms with Crippen LogP contribution in [0.25, 0.3) is 0 Å². The second-order valence-corrected chi connectivity index (χ2v) is 9.64. The second kappa shape index (κ2) is 7.52. The molecule has 3 aromatic rings. The van der Waals surface area contributed by atoms with Gasteiger partial charge in [0.1, 0.15) is 10.0 Å². The summed E-state index contributed by atoms with van der Waals surface area (Å²) in [6, 6.07) is 10.8. The lowest BCUT2D eigenvalue weighted by Gasteiger charge is -2.14. The molecule has 0 radical (unpaired) electrons. The van der Waals surface area contributed by atoms with Crippen molar-refractivity contribution in [2.45, 2.75) is 4.21 Å². The first-order chi connectivity index (χ1) is 14.3. The summed E-state index contributed by atoms with van der Waals surface area (Å²) in [4.78, 5) is 41.9. The number of amides is 4. The highest BCUT2D eigenvalue weighted by Gasteiger charge is 2.36. The van der Waals surface area contributed by atoms with E-state index in [0.717, 1.165) is 16.2 Å². The number of rotatable bonds is 4. The number of urea groups is 1. The number of benzene rings is 1. The molecule has 152 valence electrons. The predicted molar refractivity (Wildman–Crippen MR) is 110 cm³/mol. The lowest BCUT2D eigenvalue weighted by atomic mass is 10.1. The van der Waals surface area contributed by atoms with Gasteiger partial charge in [-0.1, -0.05) is 23.7 Å². The lowest BCUT2D eigenvalue weighted by molar-refractivity contribution is 0.0926. The molecule has 1 aliphatic rings. The van der Waals surface area contributed by atoms with Crippen LogP contribution in [0.5, 0.6) is 0 Å². The zero-order valence-electron chi connectivity index (χ0n) is 14.8. The van der Waals surface area contributed by atoms with Crippen LogP contribution in [0.2, 0.25) is 4.34 Å². The fraction of sp³-hybridized carbons (Fsp3) is 0. The first kappa shape index (κ1) is 20.0. The van der Waals surface area contributed by atoms with Crippen molar-refractivity contribution in [3.8, 4) is 0 Å². The maximum Gasteiger partial charge on any atom is 0.334 e. The Morgan fingerprint density at radius 2 is 1.67 bits per heavy atom. The number of fused-ring (bicyclic) bond motifs is 1. The van der Waals surface area contributed by atoms with Crippen LogP contribution < -0.4 is 14.9 Å². The third kappa shape index (κ3) is 3.65. The minimum Gasteiger partial charge on any atom is -0.292 e. The standard InChI is InChI=1S/C18H11ClN4O5S2/c19-13-6-8-15(29-13)30(27,28)22-18(26)21-14-7-5-10(9-20-14)23-16(24)11-3-1-2-4-12(11)17(23)25/h1-9H,(H2,20,21,22,26). The maximum absolute atomic E-state index is 12.5. The maximum atomic E-state index is 12.5. The summed E-state index contributed by atoms with van der Waals surface area (Å²) < 4.78 is 26.3. The number of halogens is 1. The molecule has 1 aliphatic heterocycles. The smallest absolute Gasteiger partial charge is 0.292 e. The topological polar surface area (TPSA) is 126 Å². The average Bonchev–Trinajstić information content (AvgIpc) is 3.25. The van der Waals surface area contributed by atoms with E-state index in [2.05, 4.69) is 10.3 Å². The highest BCUT2D eigenvalue weighted by atomic mass is 35.5. The number of thiophene rings is 1. The SMILES string of the molecule is O=C(Nc1ccc(N2C(=O)c3ccccc3C2=O)cn1)NS(=O)(=O)c1ccc(Cl)s1. The molecule has 0 saturated heterocycles. The Morgan fingerprint density at radius 3 is 2.20 bits per heavy atom. The predicted octanol–water partition coefficient (Wildman–Crippen LogP) is 3.11. The number of nitrogens with one attached hydrogen (secondary N) is 2. The summed E-state index contributed by atoms with van der Waals surface area (Å²) in [5.74, 6) is -0.930.